The summed E-state index contributed by atoms with van der Waals surface area (Å²) in [7, 11) is -4.01. The molecule has 1 saturated carbocycles. The Labute approximate surface area is 174 Å². The maximum atomic E-state index is 14.3. The average molecular weight is 431 g/mol. The SMILES string of the molecule is O=C(Nc1ccccc1C(=O)NC1CC1)c1ccc(F)c(S(=O)(=O)N2CCCC2)c1. The molecule has 7 nitrogen and oxygen atoms in total. The number of hydrogen-bond donors (Lipinski definition) is 2. The van der Waals surface area contributed by atoms with E-state index in [-0.39, 0.29) is 17.5 Å². The molecule has 1 saturated heterocycles. The van der Waals surface area contributed by atoms with E-state index in [4.69, 9.17) is 0 Å². The lowest BCUT2D eigenvalue weighted by atomic mass is 10.1. The second-order valence-corrected chi connectivity index (χ2v) is 9.41. The Balaban J connectivity index is 1.58. The molecule has 2 N–H and O–H groups in total. The van der Waals surface area contributed by atoms with E-state index in [1.54, 1.807) is 24.3 Å². The Morgan fingerprint density at radius 3 is 2.40 bits per heavy atom. The molecule has 9 heteroatoms. The molecular weight excluding hydrogens is 409 g/mol. The van der Waals surface area contributed by atoms with Gasteiger partial charge in [-0.2, -0.15) is 4.31 Å². The molecule has 2 aromatic carbocycles. The molecule has 2 fully saturated rings. The van der Waals surface area contributed by atoms with E-state index in [1.807, 2.05) is 0 Å². The van der Waals surface area contributed by atoms with Gasteiger partial charge >= 0.3 is 0 Å². The quantitative estimate of drug-likeness (QED) is 0.735. The summed E-state index contributed by atoms with van der Waals surface area (Å²) in [6.07, 6.45) is 3.32. The van der Waals surface area contributed by atoms with Crippen molar-refractivity contribution < 1.29 is 22.4 Å². The second-order valence-electron chi connectivity index (χ2n) is 7.50. The van der Waals surface area contributed by atoms with Crippen LogP contribution in [0.15, 0.2) is 47.4 Å². The third kappa shape index (κ3) is 4.22. The molecule has 2 aliphatic rings. The molecule has 0 radical (unpaired) electrons. The predicted octanol–water partition coefficient (Wildman–Crippen LogP) is 2.75. The van der Waals surface area contributed by atoms with Crippen molar-refractivity contribution in [1.29, 1.82) is 0 Å². The molecular formula is C21H22FN3O4S. The summed E-state index contributed by atoms with van der Waals surface area (Å²) < 4.78 is 41.0. The van der Waals surface area contributed by atoms with Crippen LogP contribution in [0.4, 0.5) is 10.1 Å². The molecule has 158 valence electrons. The van der Waals surface area contributed by atoms with Crippen LogP contribution >= 0.6 is 0 Å². The number of carbonyl (C=O) groups excluding carboxylic acids is 2. The fourth-order valence-electron chi connectivity index (χ4n) is 3.39. The van der Waals surface area contributed by atoms with Gasteiger partial charge in [-0.15, -0.1) is 0 Å². The van der Waals surface area contributed by atoms with Crippen molar-refractivity contribution in [2.45, 2.75) is 36.6 Å². The van der Waals surface area contributed by atoms with Crippen molar-refractivity contribution in [2.75, 3.05) is 18.4 Å². The molecule has 0 bridgehead atoms. The molecule has 4 rings (SSSR count). The smallest absolute Gasteiger partial charge is 0.255 e. The van der Waals surface area contributed by atoms with Gasteiger partial charge < -0.3 is 10.6 Å². The van der Waals surface area contributed by atoms with Gasteiger partial charge in [0.15, 0.2) is 0 Å². The number of hydrogen-bond acceptors (Lipinski definition) is 4. The summed E-state index contributed by atoms with van der Waals surface area (Å²) >= 11 is 0. The van der Waals surface area contributed by atoms with Crippen LogP contribution in [-0.2, 0) is 10.0 Å². The van der Waals surface area contributed by atoms with E-state index in [2.05, 4.69) is 10.6 Å². The lowest BCUT2D eigenvalue weighted by molar-refractivity contribution is 0.0952. The minimum atomic E-state index is -4.01. The lowest BCUT2D eigenvalue weighted by Gasteiger charge is -2.17. The van der Waals surface area contributed by atoms with Crippen LogP contribution in [0.25, 0.3) is 0 Å². The minimum Gasteiger partial charge on any atom is -0.349 e. The summed E-state index contributed by atoms with van der Waals surface area (Å²) in [6, 6.07) is 9.96. The van der Waals surface area contributed by atoms with Gasteiger partial charge in [0, 0.05) is 24.7 Å². The zero-order valence-corrected chi connectivity index (χ0v) is 17.0. The zero-order valence-electron chi connectivity index (χ0n) is 16.2. The molecule has 2 aromatic rings. The van der Waals surface area contributed by atoms with Crippen molar-refractivity contribution in [3.8, 4) is 0 Å². The van der Waals surface area contributed by atoms with E-state index in [1.165, 1.54) is 10.4 Å². The van der Waals surface area contributed by atoms with Crippen molar-refractivity contribution in [1.82, 2.24) is 9.62 Å². The number of nitrogens with one attached hydrogen (secondary N) is 2. The highest BCUT2D eigenvalue weighted by Crippen LogP contribution is 2.25. The molecule has 0 atom stereocenters. The molecule has 1 aliphatic heterocycles. The van der Waals surface area contributed by atoms with Gasteiger partial charge in [-0.3, -0.25) is 9.59 Å². The molecule has 1 heterocycles. The zero-order chi connectivity index (χ0) is 21.3. The van der Waals surface area contributed by atoms with Gasteiger partial charge in [0.1, 0.15) is 10.7 Å². The van der Waals surface area contributed by atoms with Gasteiger partial charge in [0.05, 0.1) is 11.3 Å². The normalized spacial score (nSPS) is 17.0. The highest BCUT2D eigenvalue weighted by atomic mass is 32.2. The average Bonchev–Trinajstić information content (AvgIpc) is 3.35. The molecule has 0 aromatic heterocycles. The molecule has 0 unspecified atom stereocenters. The Morgan fingerprint density at radius 1 is 1.00 bits per heavy atom. The number of rotatable bonds is 6. The highest BCUT2D eigenvalue weighted by molar-refractivity contribution is 7.89. The first-order valence-corrected chi connectivity index (χ1v) is 11.3. The molecule has 0 spiro atoms. The van der Waals surface area contributed by atoms with Crippen molar-refractivity contribution in [3.05, 3.63) is 59.4 Å². The topological polar surface area (TPSA) is 95.6 Å². The number of para-hydroxylation sites is 1. The number of amides is 2. The summed E-state index contributed by atoms with van der Waals surface area (Å²) in [5.74, 6) is -1.81. The third-order valence-corrected chi connectivity index (χ3v) is 7.12. The summed E-state index contributed by atoms with van der Waals surface area (Å²) in [5, 5.41) is 5.51. The van der Waals surface area contributed by atoms with Crippen molar-refractivity contribution >= 4 is 27.5 Å². The first-order valence-electron chi connectivity index (χ1n) is 9.87. The first kappa shape index (κ1) is 20.5. The third-order valence-electron chi connectivity index (χ3n) is 5.21. The van der Waals surface area contributed by atoms with Crippen LogP contribution in [0, 0.1) is 5.82 Å². The van der Waals surface area contributed by atoms with Gasteiger partial charge in [-0.05, 0) is 56.0 Å². The maximum absolute atomic E-state index is 14.3. The van der Waals surface area contributed by atoms with Crippen LogP contribution in [0.3, 0.4) is 0 Å². The van der Waals surface area contributed by atoms with Crippen LogP contribution in [-0.4, -0.2) is 43.7 Å². The van der Waals surface area contributed by atoms with Crippen LogP contribution in [0.2, 0.25) is 0 Å². The highest BCUT2D eigenvalue weighted by Gasteiger charge is 2.30. The van der Waals surface area contributed by atoms with E-state index in [9.17, 15) is 22.4 Å². The van der Waals surface area contributed by atoms with E-state index in [0.29, 0.717) is 24.3 Å². The molecule has 1 aliphatic carbocycles. The number of nitrogens with zero attached hydrogens (tertiary/aromatic N) is 1. The largest absolute Gasteiger partial charge is 0.349 e. The Morgan fingerprint density at radius 2 is 1.70 bits per heavy atom. The number of sulfonamides is 1. The number of anilines is 1. The van der Waals surface area contributed by atoms with E-state index >= 15 is 0 Å². The van der Waals surface area contributed by atoms with Crippen LogP contribution < -0.4 is 10.6 Å². The van der Waals surface area contributed by atoms with Crippen LogP contribution in [0.1, 0.15) is 46.4 Å². The number of benzene rings is 2. The predicted molar refractivity (Wildman–Crippen MR) is 109 cm³/mol. The van der Waals surface area contributed by atoms with Gasteiger partial charge in [-0.1, -0.05) is 12.1 Å². The Kier molecular flexibility index (Phi) is 5.57. The van der Waals surface area contributed by atoms with Crippen LogP contribution in [0.5, 0.6) is 0 Å². The van der Waals surface area contributed by atoms with Gasteiger partial charge in [-0.25, -0.2) is 12.8 Å². The Bertz CT molecular complexity index is 1090. The molecule has 2 amide bonds. The summed E-state index contributed by atoms with van der Waals surface area (Å²) in [4.78, 5) is 24.7. The maximum Gasteiger partial charge on any atom is 0.255 e. The number of halogens is 1. The number of carbonyl (C=O) groups is 2. The first-order chi connectivity index (χ1) is 14.4. The van der Waals surface area contributed by atoms with E-state index in [0.717, 1.165) is 37.8 Å². The summed E-state index contributed by atoms with van der Waals surface area (Å²) in [6.45, 7) is 0.670. The monoisotopic (exact) mass is 431 g/mol. The fourth-order valence-corrected chi connectivity index (χ4v) is 4.99. The Hall–Kier alpha value is -2.78. The lowest BCUT2D eigenvalue weighted by Crippen LogP contribution is -2.29. The molecule has 30 heavy (non-hydrogen) atoms. The fraction of sp³-hybridized carbons (Fsp3) is 0.333. The van der Waals surface area contributed by atoms with Gasteiger partial charge in [0.2, 0.25) is 10.0 Å². The standard InChI is InChI=1S/C21H22FN3O4S/c22-17-10-7-14(13-19(17)30(28,29)25-11-3-4-12-25)20(26)24-18-6-2-1-5-16(18)21(27)23-15-8-9-15/h1-2,5-7,10,13,15H,3-4,8-9,11-12H2,(H,23,27)(H,24,26). The second kappa shape index (κ2) is 8.16. The summed E-state index contributed by atoms with van der Waals surface area (Å²) in [5.41, 5.74) is 0.602. The minimum absolute atomic E-state index is 0.00780. The van der Waals surface area contributed by atoms with E-state index < -0.39 is 26.6 Å². The van der Waals surface area contributed by atoms with Crippen molar-refractivity contribution in [2.24, 2.45) is 0 Å². The van der Waals surface area contributed by atoms with Gasteiger partial charge in [0.25, 0.3) is 11.8 Å². The van der Waals surface area contributed by atoms with Crippen molar-refractivity contribution in [3.63, 3.8) is 0 Å².